The summed E-state index contributed by atoms with van der Waals surface area (Å²) in [6.45, 7) is 0. The minimum Gasteiger partial charge on any atom is -0.0879 e. The van der Waals surface area contributed by atoms with E-state index in [1.807, 2.05) is 0 Å². The maximum absolute atomic E-state index is 2.53. The van der Waals surface area contributed by atoms with E-state index in [0.29, 0.717) is 0 Å². The van der Waals surface area contributed by atoms with Crippen molar-refractivity contribution in [1.82, 2.24) is 0 Å². The fourth-order valence-corrected chi connectivity index (χ4v) is 10.6. The lowest BCUT2D eigenvalue weighted by Crippen LogP contribution is -2.33. The van der Waals surface area contributed by atoms with Crippen molar-refractivity contribution in [2.24, 2.45) is 23.7 Å². The standard InChI is InChI=1S/C10H12S3/c1-2-5-6(3-1)8-4-7(5)9-10(8)12-13-11-9/h1-2,5-10H,3-4H2/t5-,6+,7+,8-,9+,10-/m1/s1. The molecular weight excluding hydrogens is 216 g/mol. The van der Waals surface area contributed by atoms with Gasteiger partial charge in [0.15, 0.2) is 0 Å². The Labute approximate surface area is 90.5 Å². The van der Waals surface area contributed by atoms with Gasteiger partial charge in [-0.25, -0.2) is 0 Å². The lowest BCUT2D eigenvalue weighted by Gasteiger charge is -2.31. The molecular formula is C10H12S3. The number of rotatable bonds is 0. The summed E-state index contributed by atoms with van der Waals surface area (Å²) in [5.41, 5.74) is 0. The largest absolute Gasteiger partial charge is 0.0879 e. The molecule has 3 fully saturated rings. The first-order valence-electron chi connectivity index (χ1n) is 5.10. The molecule has 0 unspecified atom stereocenters. The Bertz CT molecular complexity index is 273. The summed E-state index contributed by atoms with van der Waals surface area (Å²) in [7, 11) is 6.41. The molecule has 0 N–H and O–H groups in total. The Hall–Kier alpha value is 0.790. The Morgan fingerprint density at radius 1 is 1.00 bits per heavy atom. The molecule has 6 atom stereocenters. The fourth-order valence-electron chi connectivity index (χ4n) is 3.84. The molecule has 13 heavy (non-hydrogen) atoms. The summed E-state index contributed by atoms with van der Waals surface area (Å²) in [5.74, 6) is 4.16. The highest BCUT2D eigenvalue weighted by atomic mass is 33.5. The second-order valence-corrected chi connectivity index (χ2v) is 9.06. The monoisotopic (exact) mass is 228 g/mol. The minimum absolute atomic E-state index is 0.984. The van der Waals surface area contributed by atoms with Gasteiger partial charge in [0, 0.05) is 10.5 Å². The Balaban J connectivity index is 1.75. The summed E-state index contributed by atoms with van der Waals surface area (Å²) in [4.78, 5) is 0. The van der Waals surface area contributed by atoms with Gasteiger partial charge in [-0.15, -0.1) is 0 Å². The topological polar surface area (TPSA) is 0 Å². The molecule has 1 heterocycles. The SMILES string of the molecule is C1=C[C@@H]2[C@H](C1)[C@H]1C[C@@H]2[C@@H]2SSS[C@H]12. The van der Waals surface area contributed by atoms with Gasteiger partial charge in [0.05, 0.1) is 0 Å². The molecule has 0 aromatic carbocycles. The Morgan fingerprint density at radius 3 is 2.77 bits per heavy atom. The van der Waals surface area contributed by atoms with E-state index in [4.69, 9.17) is 0 Å². The van der Waals surface area contributed by atoms with Crippen molar-refractivity contribution in [2.75, 3.05) is 0 Å². The van der Waals surface area contributed by atoms with Gasteiger partial charge >= 0.3 is 0 Å². The van der Waals surface area contributed by atoms with Crippen LogP contribution < -0.4 is 0 Å². The maximum Gasteiger partial charge on any atom is 0.0324 e. The van der Waals surface area contributed by atoms with Gasteiger partial charge < -0.3 is 0 Å². The molecule has 1 saturated heterocycles. The molecule has 70 valence electrons. The third kappa shape index (κ3) is 0.895. The van der Waals surface area contributed by atoms with Gasteiger partial charge in [-0.3, -0.25) is 0 Å². The summed E-state index contributed by atoms with van der Waals surface area (Å²) in [5, 5.41) is 2.02. The molecule has 0 spiro atoms. The van der Waals surface area contributed by atoms with Crippen LogP contribution in [0.1, 0.15) is 12.8 Å². The average Bonchev–Trinajstić information content (AvgIpc) is 2.81. The quantitative estimate of drug-likeness (QED) is 0.459. The van der Waals surface area contributed by atoms with Gasteiger partial charge in [-0.1, -0.05) is 33.7 Å². The summed E-state index contributed by atoms with van der Waals surface area (Å²) in [6, 6.07) is 0. The summed E-state index contributed by atoms with van der Waals surface area (Å²) < 4.78 is 0. The normalized spacial score (nSPS) is 61.5. The van der Waals surface area contributed by atoms with Crippen LogP contribution in [0, 0.1) is 23.7 Å². The van der Waals surface area contributed by atoms with Crippen LogP contribution in [0.15, 0.2) is 12.2 Å². The van der Waals surface area contributed by atoms with Crippen LogP contribution in [0.25, 0.3) is 0 Å². The highest BCUT2D eigenvalue weighted by Crippen LogP contribution is 2.70. The smallest absolute Gasteiger partial charge is 0.0324 e. The van der Waals surface area contributed by atoms with Crippen LogP contribution in [0.3, 0.4) is 0 Å². The van der Waals surface area contributed by atoms with E-state index in [0.717, 1.165) is 34.2 Å². The highest BCUT2D eigenvalue weighted by Gasteiger charge is 2.60. The molecule has 0 amide bonds. The van der Waals surface area contributed by atoms with Crippen molar-refractivity contribution in [3.8, 4) is 0 Å². The van der Waals surface area contributed by atoms with Crippen LogP contribution in [0.4, 0.5) is 0 Å². The van der Waals surface area contributed by atoms with Crippen LogP contribution in [-0.4, -0.2) is 10.5 Å². The van der Waals surface area contributed by atoms with E-state index in [-0.39, 0.29) is 0 Å². The van der Waals surface area contributed by atoms with E-state index in [2.05, 4.69) is 43.6 Å². The first-order valence-corrected chi connectivity index (χ1v) is 8.71. The van der Waals surface area contributed by atoms with Crippen LogP contribution >= 0.6 is 31.4 Å². The minimum atomic E-state index is 0.984. The molecule has 2 bridgehead atoms. The van der Waals surface area contributed by atoms with Crippen LogP contribution in [0.2, 0.25) is 0 Å². The highest BCUT2D eigenvalue weighted by molar-refractivity contribution is 9.11. The van der Waals surface area contributed by atoms with Crippen LogP contribution in [0.5, 0.6) is 0 Å². The molecule has 4 rings (SSSR count). The molecule has 1 aliphatic heterocycles. The number of fused-ring (bicyclic) bond motifs is 8. The van der Waals surface area contributed by atoms with E-state index in [9.17, 15) is 0 Å². The second-order valence-electron chi connectivity index (χ2n) is 4.66. The maximum atomic E-state index is 2.53. The summed E-state index contributed by atoms with van der Waals surface area (Å²) >= 11 is 0. The Kier molecular flexibility index (Phi) is 1.65. The van der Waals surface area contributed by atoms with Gasteiger partial charge in [-0.2, -0.15) is 0 Å². The van der Waals surface area contributed by atoms with Crippen molar-refractivity contribution >= 4 is 31.4 Å². The number of allylic oxidation sites excluding steroid dienone is 2. The fraction of sp³-hybridized carbons (Fsp3) is 0.800. The summed E-state index contributed by atoms with van der Waals surface area (Å²) in [6.07, 6.45) is 7.91. The van der Waals surface area contributed by atoms with Gasteiger partial charge in [0.2, 0.25) is 0 Å². The van der Waals surface area contributed by atoms with Gasteiger partial charge in [-0.05, 0) is 46.3 Å². The molecule has 0 aromatic heterocycles. The second kappa shape index (κ2) is 2.67. The zero-order chi connectivity index (χ0) is 8.41. The van der Waals surface area contributed by atoms with Gasteiger partial charge in [0.25, 0.3) is 0 Å². The predicted molar refractivity (Wildman–Crippen MR) is 62.7 cm³/mol. The third-order valence-corrected chi connectivity index (χ3v) is 9.60. The lowest BCUT2D eigenvalue weighted by molar-refractivity contribution is 0.300. The van der Waals surface area contributed by atoms with Crippen molar-refractivity contribution in [1.29, 1.82) is 0 Å². The molecule has 3 aliphatic carbocycles. The zero-order valence-corrected chi connectivity index (χ0v) is 9.71. The zero-order valence-electron chi connectivity index (χ0n) is 7.26. The van der Waals surface area contributed by atoms with Crippen molar-refractivity contribution in [3.05, 3.63) is 12.2 Å². The number of hydrogen-bond acceptors (Lipinski definition) is 3. The predicted octanol–water partition coefficient (Wildman–Crippen LogP) is 3.61. The van der Waals surface area contributed by atoms with Crippen molar-refractivity contribution in [2.45, 2.75) is 23.3 Å². The van der Waals surface area contributed by atoms with E-state index >= 15 is 0 Å². The van der Waals surface area contributed by atoms with E-state index in [1.165, 1.54) is 6.42 Å². The lowest BCUT2D eigenvalue weighted by atomic mass is 9.81. The third-order valence-electron chi connectivity index (χ3n) is 4.32. The first-order chi connectivity index (χ1) is 6.45. The first kappa shape index (κ1) is 8.00. The van der Waals surface area contributed by atoms with Crippen LogP contribution in [-0.2, 0) is 0 Å². The number of hydrogen-bond donors (Lipinski definition) is 0. The van der Waals surface area contributed by atoms with E-state index < -0.39 is 0 Å². The molecule has 2 saturated carbocycles. The molecule has 0 nitrogen and oxygen atoms in total. The molecule has 0 radical (unpaired) electrons. The average molecular weight is 228 g/mol. The van der Waals surface area contributed by atoms with Crippen molar-refractivity contribution < 1.29 is 0 Å². The molecule has 4 aliphatic rings. The van der Waals surface area contributed by atoms with Crippen molar-refractivity contribution in [3.63, 3.8) is 0 Å². The van der Waals surface area contributed by atoms with E-state index in [1.54, 1.807) is 6.42 Å². The molecule has 0 aromatic rings. The Morgan fingerprint density at radius 2 is 1.85 bits per heavy atom. The van der Waals surface area contributed by atoms with Gasteiger partial charge in [0.1, 0.15) is 0 Å². The molecule has 3 heteroatoms.